The van der Waals surface area contributed by atoms with Gasteiger partial charge in [-0.25, -0.2) is 0 Å². The highest BCUT2D eigenvalue weighted by molar-refractivity contribution is 7.28. The maximum absolute atomic E-state index is 4.92. The number of benzene rings is 3. The Bertz CT molecular complexity index is 1700. The SMILES string of the molecule is CCCCCCc1c2ccccc2c(-c2cc3c(CCC)c(CCC)c4ccsc4c3s2)c2nsnc12. The van der Waals surface area contributed by atoms with Crippen LogP contribution in [0.5, 0.6) is 0 Å². The zero-order valence-electron chi connectivity index (χ0n) is 22.0. The molecule has 0 saturated heterocycles. The molecule has 0 unspecified atom stereocenters. The highest BCUT2D eigenvalue weighted by Crippen LogP contribution is 2.47. The Labute approximate surface area is 231 Å². The Morgan fingerprint density at radius 3 is 2.19 bits per heavy atom. The van der Waals surface area contributed by atoms with Gasteiger partial charge in [-0.2, -0.15) is 8.75 Å². The van der Waals surface area contributed by atoms with Gasteiger partial charge in [-0.15, -0.1) is 22.7 Å². The summed E-state index contributed by atoms with van der Waals surface area (Å²) in [6, 6.07) is 13.8. The lowest BCUT2D eigenvalue weighted by Crippen LogP contribution is -1.95. The van der Waals surface area contributed by atoms with Gasteiger partial charge in [0.05, 0.1) is 21.1 Å². The van der Waals surface area contributed by atoms with Gasteiger partial charge < -0.3 is 0 Å². The number of unbranched alkanes of at least 4 members (excludes halogenated alkanes) is 3. The van der Waals surface area contributed by atoms with E-state index in [0.717, 1.165) is 30.3 Å². The number of hydrogen-bond donors (Lipinski definition) is 0. The minimum Gasteiger partial charge on any atom is -0.173 e. The van der Waals surface area contributed by atoms with Crippen LogP contribution < -0.4 is 0 Å². The summed E-state index contributed by atoms with van der Waals surface area (Å²) in [5.41, 5.74) is 8.02. The molecule has 0 N–H and O–H groups in total. The van der Waals surface area contributed by atoms with E-state index in [4.69, 9.17) is 8.75 Å². The fraction of sp³-hybridized carbons (Fsp3) is 0.375. The molecule has 0 aliphatic rings. The van der Waals surface area contributed by atoms with E-state index in [0.29, 0.717) is 0 Å². The fourth-order valence-corrected chi connectivity index (χ4v) is 8.95. The van der Waals surface area contributed by atoms with Crippen molar-refractivity contribution in [3.05, 3.63) is 58.5 Å². The summed E-state index contributed by atoms with van der Waals surface area (Å²) in [6.45, 7) is 6.89. The Balaban J connectivity index is 1.62. The molecule has 0 atom stereocenters. The van der Waals surface area contributed by atoms with Crippen LogP contribution in [0.1, 0.15) is 76.0 Å². The van der Waals surface area contributed by atoms with E-state index >= 15 is 0 Å². The summed E-state index contributed by atoms with van der Waals surface area (Å²) in [4.78, 5) is 1.34. The van der Waals surface area contributed by atoms with Gasteiger partial charge in [0.25, 0.3) is 0 Å². The average molecular weight is 543 g/mol. The average Bonchev–Trinajstić information content (AvgIpc) is 3.67. The zero-order chi connectivity index (χ0) is 25.4. The molecule has 6 rings (SSSR count). The molecule has 5 heteroatoms. The maximum atomic E-state index is 4.92. The van der Waals surface area contributed by atoms with Crippen molar-refractivity contribution in [3.63, 3.8) is 0 Å². The molecule has 0 amide bonds. The van der Waals surface area contributed by atoms with Gasteiger partial charge >= 0.3 is 0 Å². The number of aromatic nitrogens is 2. The molecular weight excluding hydrogens is 509 g/mol. The van der Waals surface area contributed by atoms with Crippen LogP contribution in [0.2, 0.25) is 0 Å². The lowest BCUT2D eigenvalue weighted by molar-refractivity contribution is 0.669. The highest BCUT2D eigenvalue weighted by atomic mass is 32.1. The van der Waals surface area contributed by atoms with Crippen LogP contribution in [0.15, 0.2) is 41.8 Å². The largest absolute Gasteiger partial charge is 0.173 e. The monoisotopic (exact) mass is 542 g/mol. The first-order chi connectivity index (χ1) is 18.3. The molecule has 0 fully saturated rings. The third kappa shape index (κ3) is 4.29. The molecule has 2 nitrogen and oxygen atoms in total. The molecule has 0 radical (unpaired) electrons. The quantitative estimate of drug-likeness (QED) is 0.161. The summed E-state index contributed by atoms with van der Waals surface area (Å²) in [6.07, 6.45) is 10.8. The second-order valence-corrected chi connectivity index (χ2v) is 12.6. The van der Waals surface area contributed by atoms with Gasteiger partial charge in [0.15, 0.2) is 0 Å². The standard InChI is InChI=1S/C32H34N2S3/c1-4-7-8-9-16-24-22-14-10-11-15-23(22)28(30-29(24)33-37-34-30)27-19-26-21(13-6-3)20(12-5-2)25-17-18-35-31(25)32(26)36-27/h10-11,14-15,17-19H,4-9,12-13,16H2,1-3H3. The van der Waals surface area contributed by atoms with Crippen molar-refractivity contribution in [3.8, 4) is 10.4 Å². The van der Waals surface area contributed by atoms with Gasteiger partial charge in [0.2, 0.25) is 0 Å². The Kier molecular flexibility index (Phi) is 7.29. The molecule has 0 aliphatic heterocycles. The molecule has 6 aromatic rings. The van der Waals surface area contributed by atoms with Crippen LogP contribution in [0, 0.1) is 0 Å². The zero-order valence-corrected chi connectivity index (χ0v) is 24.5. The van der Waals surface area contributed by atoms with E-state index in [1.54, 1.807) is 11.1 Å². The molecule has 3 heterocycles. The maximum Gasteiger partial charge on any atom is 0.114 e. The van der Waals surface area contributed by atoms with E-state index in [1.165, 1.54) is 97.2 Å². The normalized spacial score (nSPS) is 12.1. The summed E-state index contributed by atoms with van der Waals surface area (Å²) in [7, 11) is 0. The second kappa shape index (κ2) is 10.8. The summed E-state index contributed by atoms with van der Waals surface area (Å²) >= 11 is 5.23. The van der Waals surface area contributed by atoms with Crippen molar-refractivity contribution >= 4 is 76.4 Å². The number of aryl methyl sites for hydroxylation is 3. The van der Waals surface area contributed by atoms with Crippen LogP contribution in [0.3, 0.4) is 0 Å². The Hall–Kier alpha value is -2.34. The molecule has 3 aromatic carbocycles. The molecule has 0 saturated carbocycles. The number of fused-ring (bicyclic) bond motifs is 5. The first-order valence-corrected chi connectivity index (χ1v) is 16.3. The van der Waals surface area contributed by atoms with Crippen LogP contribution in [-0.2, 0) is 19.3 Å². The first-order valence-electron chi connectivity index (χ1n) is 13.9. The third-order valence-electron chi connectivity index (χ3n) is 7.68. The van der Waals surface area contributed by atoms with Crippen LogP contribution in [0.4, 0.5) is 0 Å². The van der Waals surface area contributed by atoms with Crippen LogP contribution in [0.25, 0.3) is 52.4 Å². The second-order valence-electron chi connectivity index (χ2n) is 10.1. The molecule has 3 aromatic heterocycles. The number of rotatable bonds is 10. The molecular formula is C32H34N2S3. The van der Waals surface area contributed by atoms with Crippen LogP contribution in [-0.4, -0.2) is 8.75 Å². The third-order valence-corrected chi connectivity index (χ3v) is 10.4. The van der Waals surface area contributed by atoms with Gasteiger partial charge in [-0.05, 0) is 81.4 Å². The number of thiophene rings is 2. The van der Waals surface area contributed by atoms with E-state index in [-0.39, 0.29) is 0 Å². The summed E-state index contributed by atoms with van der Waals surface area (Å²) in [5, 5.41) is 7.90. The van der Waals surface area contributed by atoms with E-state index in [1.807, 2.05) is 22.7 Å². The Morgan fingerprint density at radius 1 is 0.649 bits per heavy atom. The lowest BCUT2D eigenvalue weighted by atomic mass is 9.91. The fourth-order valence-electron chi connectivity index (χ4n) is 6.03. The van der Waals surface area contributed by atoms with Crippen molar-refractivity contribution in [1.82, 2.24) is 8.75 Å². The van der Waals surface area contributed by atoms with E-state index in [2.05, 4.69) is 62.5 Å². The molecule has 0 spiro atoms. The van der Waals surface area contributed by atoms with Crippen molar-refractivity contribution in [2.24, 2.45) is 0 Å². The molecule has 190 valence electrons. The van der Waals surface area contributed by atoms with Gasteiger partial charge in [0, 0.05) is 10.4 Å². The number of nitrogens with zero attached hydrogens (tertiary/aromatic N) is 2. The van der Waals surface area contributed by atoms with Gasteiger partial charge in [-0.1, -0.05) is 77.1 Å². The van der Waals surface area contributed by atoms with Crippen molar-refractivity contribution in [2.75, 3.05) is 0 Å². The van der Waals surface area contributed by atoms with Gasteiger partial charge in [-0.3, -0.25) is 0 Å². The molecule has 0 aliphatic carbocycles. The first kappa shape index (κ1) is 25.0. The predicted octanol–water partition coefficient (Wildman–Crippen LogP) is 11.0. The molecule has 37 heavy (non-hydrogen) atoms. The van der Waals surface area contributed by atoms with E-state index in [9.17, 15) is 0 Å². The van der Waals surface area contributed by atoms with Crippen molar-refractivity contribution < 1.29 is 0 Å². The van der Waals surface area contributed by atoms with Crippen molar-refractivity contribution in [1.29, 1.82) is 0 Å². The van der Waals surface area contributed by atoms with Gasteiger partial charge in [0.1, 0.15) is 11.0 Å². The Morgan fingerprint density at radius 2 is 1.41 bits per heavy atom. The molecule has 0 bridgehead atoms. The highest BCUT2D eigenvalue weighted by Gasteiger charge is 2.22. The van der Waals surface area contributed by atoms with Crippen molar-refractivity contribution in [2.45, 2.75) is 78.6 Å². The minimum atomic E-state index is 1.08. The number of hydrogen-bond acceptors (Lipinski definition) is 5. The predicted molar refractivity (Wildman–Crippen MR) is 167 cm³/mol. The van der Waals surface area contributed by atoms with E-state index < -0.39 is 0 Å². The summed E-state index contributed by atoms with van der Waals surface area (Å²) < 4.78 is 12.7. The minimum absolute atomic E-state index is 1.08. The summed E-state index contributed by atoms with van der Waals surface area (Å²) in [5.74, 6) is 0. The topological polar surface area (TPSA) is 25.8 Å². The smallest absolute Gasteiger partial charge is 0.114 e. The van der Waals surface area contributed by atoms with Crippen LogP contribution >= 0.6 is 34.4 Å². The lowest BCUT2D eigenvalue weighted by Gasteiger charge is -2.12.